The van der Waals surface area contributed by atoms with E-state index in [1.165, 1.54) is 0 Å². The molecule has 172 valence electrons. The first-order valence-corrected chi connectivity index (χ1v) is 11.4. The fraction of sp³-hybridized carbons (Fsp3) is 0.577. The van der Waals surface area contributed by atoms with Crippen LogP contribution in [0.25, 0.3) is 4.85 Å². The van der Waals surface area contributed by atoms with Crippen LogP contribution in [0.2, 0.25) is 0 Å². The number of nitrogens with zero attached hydrogens (tertiary/aromatic N) is 1. The fourth-order valence-electron chi connectivity index (χ4n) is 5.09. The van der Waals surface area contributed by atoms with Gasteiger partial charge in [-0.15, -0.1) is 0 Å². The van der Waals surface area contributed by atoms with Gasteiger partial charge in [-0.25, -0.2) is 4.79 Å². The zero-order valence-corrected chi connectivity index (χ0v) is 19.8. The third kappa shape index (κ3) is 3.73. The molecule has 2 atom stereocenters. The van der Waals surface area contributed by atoms with Crippen LogP contribution < -0.4 is 9.47 Å². The number of ether oxygens (including phenoxy) is 2. The van der Waals surface area contributed by atoms with E-state index in [1.807, 2.05) is 32.9 Å². The largest absolute Gasteiger partial charge is 0.486 e. The molecule has 6 nitrogen and oxygen atoms in total. The average molecular weight is 441 g/mol. The molecule has 0 unspecified atom stereocenters. The van der Waals surface area contributed by atoms with Crippen molar-refractivity contribution < 1.29 is 24.2 Å². The standard InChI is InChI=1S/C26H34NO5/c1-7-8-9-10-18-13-20(31-23(30)19(29)16-28)22-21(14-18)32-24(3,4)25(5)12-11-17(2)15-26(22,25)27-6/h6,13-15,28H,7-12,16H2,1-5H3/q+1/t25-,26+/m0/s1. The Balaban J connectivity index is 2.27. The second-order valence-corrected chi connectivity index (χ2v) is 9.73. The molecule has 0 aromatic heterocycles. The van der Waals surface area contributed by atoms with Gasteiger partial charge < -0.3 is 14.6 Å². The van der Waals surface area contributed by atoms with Crippen molar-refractivity contribution in [3.63, 3.8) is 0 Å². The Kier molecular flexibility index (Phi) is 6.53. The monoisotopic (exact) mass is 440 g/mol. The summed E-state index contributed by atoms with van der Waals surface area (Å²) in [4.78, 5) is 28.6. The van der Waals surface area contributed by atoms with Gasteiger partial charge in [0.1, 0.15) is 29.3 Å². The molecular formula is C26H34NO5+. The second kappa shape index (κ2) is 8.71. The van der Waals surface area contributed by atoms with Gasteiger partial charge in [-0.1, -0.05) is 30.2 Å². The summed E-state index contributed by atoms with van der Waals surface area (Å²) in [6, 6.07) is 3.76. The van der Waals surface area contributed by atoms with E-state index in [2.05, 4.69) is 18.7 Å². The highest BCUT2D eigenvalue weighted by molar-refractivity contribution is 6.34. The summed E-state index contributed by atoms with van der Waals surface area (Å²) in [5, 5.41) is 9.13. The van der Waals surface area contributed by atoms with Crippen molar-refractivity contribution in [2.45, 2.75) is 84.3 Å². The number of benzene rings is 1. The number of rotatable bonds is 7. The Morgan fingerprint density at radius 3 is 2.59 bits per heavy atom. The second-order valence-electron chi connectivity index (χ2n) is 9.73. The van der Waals surface area contributed by atoms with Crippen LogP contribution in [0, 0.1) is 12.0 Å². The fourth-order valence-corrected chi connectivity index (χ4v) is 5.09. The summed E-state index contributed by atoms with van der Waals surface area (Å²) >= 11 is 0. The van der Waals surface area contributed by atoms with E-state index in [4.69, 9.17) is 21.2 Å². The first-order valence-electron chi connectivity index (χ1n) is 11.4. The normalized spacial score (nSPS) is 25.5. The Bertz CT molecular complexity index is 1000. The van der Waals surface area contributed by atoms with Crippen LogP contribution in [0.15, 0.2) is 23.8 Å². The number of carbonyl (C=O) groups is 2. The minimum Gasteiger partial charge on any atom is -0.486 e. The number of aryl methyl sites for hydroxylation is 1. The molecule has 1 N–H and O–H groups in total. The van der Waals surface area contributed by atoms with Gasteiger partial charge in [0.25, 0.3) is 12.4 Å². The molecule has 1 aliphatic heterocycles. The number of allylic oxidation sites excluding steroid dienone is 1. The average Bonchev–Trinajstić information content (AvgIpc) is 2.74. The van der Waals surface area contributed by atoms with Gasteiger partial charge in [0.15, 0.2) is 0 Å². The first-order chi connectivity index (χ1) is 15.0. The molecule has 0 spiro atoms. The zero-order chi connectivity index (χ0) is 23.7. The Labute approximate surface area is 190 Å². The number of hydrogen-bond acceptors (Lipinski definition) is 5. The Hall–Kier alpha value is -2.65. The summed E-state index contributed by atoms with van der Waals surface area (Å²) in [5.74, 6) is -1.36. The van der Waals surface area contributed by atoms with E-state index >= 15 is 0 Å². The third-order valence-electron chi connectivity index (χ3n) is 7.36. The summed E-state index contributed by atoms with van der Waals surface area (Å²) in [5.41, 5.74) is 0.513. The maximum absolute atomic E-state index is 12.4. The van der Waals surface area contributed by atoms with Gasteiger partial charge in [0.05, 0.1) is 5.41 Å². The third-order valence-corrected chi connectivity index (χ3v) is 7.36. The number of aliphatic hydroxyl groups excluding tert-OH is 1. The molecule has 0 bridgehead atoms. The number of ketones is 1. The highest BCUT2D eigenvalue weighted by atomic mass is 16.5. The minimum atomic E-state index is -1.12. The van der Waals surface area contributed by atoms with E-state index in [0.29, 0.717) is 11.3 Å². The molecule has 1 aliphatic carbocycles. The molecule has 0 amide bonds. The smallest absolute Gasteiger partial charge is 0.382 e. The molecule has 0 fully saturated rings. The van der Waals surface area contributed by atoms with E-state index < -0.39 is 34.9 Å². The summed E-state index contributed by atoms with van der Waals surface area (Å²) in [7, 11) is 0. The predicted molar refractivity (Wildman–Crippen MR) is 123 cm³/mol. The maximum atomic E-state index is 12.4. The highest BCUT2D eigenvalue weighted by Crippen LogP contribution is 2.64. The van der Waals surface area contributed by atoms with Crippen LogP contribution in [-0.4, -0.2) is 29.1 Å². The molecule has 1 aromatic carbocycles. The van der Waals surface area contributed by atoms with Gasteiger partial charge in [-0.3, -0.25) is 4.79 Å². The topological polar surface area (TPSA) is 77.2 Å². The number of Topliss-reactive ketones (excluding diaryl/α,β-unsaturated/α-hetero) is 1. The molecule has 1 heterocycles. The predicted octanol–water partition coefficient (Wildman–Crippen LogP) is 4.96. The Morgan fingerprint density at radius 1 is 1.25 bits per heavy atom. The maximum Gasteiger partial charge on any atom is 0.382 e. The van der Waals surface area contributed by atoms with Crippen molar-refractivity contribution in [2.24, 2.45) is 5.41 Å². The number of carbonyl (C=O) groups excluding carboxylic acids is 2. The van der Waals surface area contributed by atoms with E-state index in [-0.39, 0.29) is 5.75 Å². The van der Waals surface area contributed by atoms with Crippen LogP contribution in [0.1, 0.15) is 77.8 Å². The van der Waals surface area contributed by atoms with Crippen molar-refractivity contribution in [2.75, 3.05) is 6.61 Å². The quantitative estimate of drug-likeness (QED) is 0.213. The van der Waals surface area contributed by atoms with E-state index in [0.717, 1.165) is 49.7 Å². The number of fused-ring (bicyclic) bond motifs is 3. The van der Waals surface area contributed by atoms with Gasteiger partial charge in [0, 0.05) is 6.08 Å². The Morgan fingerprint density at radius 2 is 1.97 bits per heavy atom. The van der Waals surface area contributed by atoms with Crippen molar-refractivity contribution in [3.8, 4) is 18.1 Å². The van der Waals surface area contributed by atoms with Gasteiger partial charge >= 0.3 is 11.5 Å². The lowest BCUT2D eigenvalue weighted by Crippen LogP contribution is -2.61. The summed E-state index contributed by atoms with van der Waals surface area (Å²) in [6.45, 7) is 15.6. The molecule has 32 heavy (non-hydrogen) atoms. The zero-order valence-electron chi connectivity index (χ0n) is 19.8. The SMILES string of the molecule is C#[N+][C@@]12C=C(C)CC[C@@]1(C)C(C)(C)Oc1cc(CCCCC)cc(OC(=O)C(=O)CO)c12. The minimum absolute atomic E-state index is 0.211. The first kappa shape index (κ1) is 24.0. The van der Waals surface area contributed by atoms with Crippen LogP contribution in [0.4, 0.5) is 0 Å². The molecule has 6 heteroatoms. The molecule has 1 aromatic rings. The van der Waals surface area contributed by atoms with E-state index in [9.17, 15) is 9.59 Å². The lowest BCUT2D eigenvalue weighted by atomic mass is 9.53. The van der Waals surface area contributed by atoms with Crippen LogP contribution in [0.5, 0.6) is 11.5 Å². The highest BCUT2D eigenvalue weighted by Gasteiger charge is 2.71. The summed E-state index contributed by atoms with van der Waals surface area (Å²) < 4.78 is 12.1. The lowest BCUT2D eigenvalue weighted by molar-refractivity contribution is -0.148. The summed E-state index contributed by atoms with van der Waals surface area (Å²) in [6.07, 6.45) is 7.62. The molecule has 3 rings (SSSR count). The molecular weight excluding hydrogens is 406 g/mol. The molecule has 0 saturated heterocycles. The van der Waals surface area contributed by atoms with Gasteiger partial charge in [0.2, 0.25) is 0 Å². The number of hydrogen-bond donors (Lipinski definition) is 1. The molecule has 2 aliphatic rings. The number of unbranched alkanes of at least 4 members (excludes halogenated alkanes) is 2. The lowest BCUT2D eigenvalue weighted by Gasteiger charge is -2.53. The van der Waals surface area contributed by atoms with E-state index in [1.54, 1.807) is 6.07 Å². The van der Waals surface area contributed by atoms with Crippen LogP contribution in [0.3, 0.4) is 0 Å². The van der Waals surface area contributed by atoms with Gasteiger partial charge in [-0.05, 0) is 71.1 Å². The molecule has 0 saturated carbocycles. The molecule has 0 radical (unpaired) electrons. The van der Waals surface area contributed by atoms with Crippen LogP contribution >= 0.6 is 0 Å². The van der Waals surface area contributed by atoms with Crippen LogP contribution in [-0.2, 0) is 21.5 Å². The van der Waals surface area contributed by atoms with Crippen molar-refractivity contribution in [3.05, 3.63) is 39.8 Å². The number of aliphatic hydroxyl groups is 1. The van der Waals surface area contributed by atoms with Crippen molar-refractivity contribution >= 4 is 11.8 Å². The van der Waals surface area contributed by atoms with Crippen molar-refractivity contribution in [1.29, 1.82) is 0 Å². The number of esters is 1. The van der Waals surface area contributed by atoms with Crippen molar-refractivity contribution in [1.82, 2.24) is 0 Å². The van der Waals surface area contributed by atoms with Gasteiger partial charge in [-0.2, -0.15) is 0 Å².